The van der Waals surface area contributed by atoms with Gasteiger partial charge in [0, 0.05) is 23.9 Å². The second kappa shape index (κ2) is 9.30. The van der Waals surface area contributed by atoms with Crippen LogP contribution in [0.5, 0.6) is 0 Å². The number of ether oxygens (including phenoxy) is 1. The van der Waals surface area contributed by atoms with Crippen molar-refractivity contribution in [3.63, 3.8) is 0 Å². The highest BCUT2D eigenvalue weighted by molar-refractivity contribution is 6.04. The van der Waals surface area contributed by atoms with Crippen LogP contribution in [-0.4, -0.2) is 40.0 Å². The Kier molecular flexibility index (Phi) is 6.26. The van der Waals surface area contributed by atoms with Crippen LogP contribution in [0.15, 0.2) is 65.9 Å². The van der Waals surface area contributed by atoms with E-state index >= 15 is 0 Å². The minimum absolute atomic E-state index is 0.0855. The first-order valence-corrected chi connectivity index (χ1v) is 10.1. The van der Waals surface area contributed by atoms with Gasteiger partial charge in [-0.2, -0.15) is 18.3 Å². The van der Waals surface area contributed by atoms with Gasteiger partial charge in [-0.05, 0) is 48.9 Å². The highest BCUT2D eigenvalue weighted by Crippen LogP contribution is 2.34. The van der Waals surface area contributed by atoms with Crippen LogP contribution >= 0.6 is 0 Å². The average molecular weight is 469 g/mol. The van der Waals surface area contributed by atoms with Gasteiger partial charge in [-0.1, -0.05) is 6.08 Å². The van der Waals surface area contributed by atoms with Crippen LogP contribution in [0.25, 0.3) is 5.69 Å². The Balaban J connectivity index is 1.53. The Morgan fingerprint density at radius 1 is 1.12 bits per heavy atom. The van der Waals surface area contributed by atoms with Crippen molar-refractivity contribution in [1.29, 1.82) is 0 Å². The molecule has 1 aliphatic heterocycles. The summed E-state index contributed by atoms with van der Waals surface area (Å²) in [6.45, 7) is 0. The first-order valence-electron chi connectivity index (χ1n) is 10.1. The third kappa shape index (κ3) is 4.87. The second-order valence-corrected chi connectivity index (χ2v) is 7.31. The summed E-state index contributed by atoms with van der Waals surface area (Å²) in [6, 6.07) is 9.53. The highest BCUT2D eigenvalue weighted by atomic mass is 19.4. The predicted molar refractivity (Wildman–Crippen MR) is 117 cm³/mol. The fourth-order valence-electron chi connectivity index (χ4n) is 3.31. The number of nitrogens with one attached hydrogen (secondary N) is 1. The summed E-state index contributed by atoms with van der Waals surface area (Å²) in [6.07, 6.45) is 1.97. The van der Waals surface area contributed by atoms with E-state index in [2.05, 4.69) is 25.1 Å². The van der Waals surface area contributed by atoms with Crippen molar-refractivity contribution in [2.75, 3.05) is 12.4 Å². The number of allylic oxidation sites excluding steroid dienone is 1. The van der Waals surface area contributed by atoms with Crippen molar-refractivity contribution < 1.29 is 27.5 Å². The molecular weight excluding hydrogens is 451 g/mol. The van der Waals surface area contributed by atoms with E-state index in [4.69, 9.17) is 0 Å². The van der Waals surface area contributed by atoms with Gasteiger partial charge in [0.2, 0.25) is 0 Å². The van der Waals surface area contributed by atoms with Crippen molar-refractivity contribution in [1.82, 2.24) is 14.8 Å². The molecule has 0 saturated heterocycles. The van der Waals surface area contributed by atoms with Gasteiger partial charge in [-0.25, -0.2) is 14.5 Å². The van der Waals surface area contributed by atoms with Crippen molar-refractivity contribution in [3.8, 4) is 5.69 Å². The molecule has 11 heteroatoms. The Labute approximate surface area is 191 Å². The molecule has 1 amide bonds. The van der Waals surface area contributed by atoms with Crippen molar-refractivity contribution in [2.45, 2.75) is 18.5 Å². The van der Waals surface area contributed by atoms with Gasteiger partial charge in [0.1, 0.15) is 11.5 Å². The average Bonchev–Trinajstić information content (AvgIpc) is 3.31. The molecule has 0 bridgehead atoms. The molecule has 3 heterocycles. The molecule has 1 aliphatic rings. The Morgan fingerprint density at radius 3 is 2.44 bits per heavy atom. The molecule has 4 rings (SSSR count). The molecule has 8 nitrogen and oxygen atoms in total. The van der Waals surface area contributed by atoms with Crippen LogP contribution in [0, 0.1) is 0 Å². The quantitative estimate of drug-likeness (QED) is 0.559. The molecule has 0 saturated carbocycles. The molecule has 2 aromatic heterocycles. The van der Waals surface area contributed by atoms with Crippen LogP contribution in [0.4, 0.5) is 19.0 Å². The number of carbonyl (C=O) groups is 2. The molecule has 0 radical (unpaired) electrons. The van der Waals surface area contributed by atoms with E-state index in [1.165, 1.54) is 49.7 Å². The summed E-state index contributed by atoms with van der Waals surface area (Å²) in [4.78, 5) is 32.0. The zero-order chi connectivity index (χ0) is 24.3. The van der Waals surface area contributed by atoms with E-state index in [0.29, 0.717) is 6.42 Å². The Morgan fingerprint density at radius 2 is 1.85 bits per heavy atom. The zero-order valence-electron chi connectivity index (χ0n) is 17.8. The third-order valence-electron chi connectivity index (χ3n) is 5.05. The third-order valence-corrected chi connectivity index (χ3v) is 5.05. The monoisotopic (exact) mass is 469 g/mol. The number of rotatable bonds is 5. The van der Waals surface area contributed by atoms with Crippen molar-refractivity contribution >= 4 is 23.9 Å². The van der Waals surface area contributed by atoms with E-state index in [1.807, 2.05) is 0 Å². The molecule has 3 aromatic rings. The minimum Gasteiger partial charge on any atom is -0.465 e. The van der Waals surface area contributed by atoms with Crippen molar-refractivity contribution in [2.24, 2.45) is 4.99 Å². The van der Waals surface area contributed by atoms with Crippen LogP contribution in [0.3, 0.4) is 0 Å². The molecule has 1 unspecified atom stereocenters. The van der Waals surface area contributed by atoms with Gasteiger partial charge in [-0.15, -0.1) is 0 Å². The summed E-state index contributed by atoms with van der Waals surface area (Å²) in [5.41, 5.74) is -0.0563. The number of anilines is 1. The molecule has 174 valence electrons. The van der Waals surface area contributed by atoms with E-state index in [0.717, 1.165) is 10.7 Å². The number of aliphatic imine (C=N–C) groups is 1. The molecule has 1 N–H and O–H groups in total. The largest absolute Gasteiger partial charge is 0.465 e. The number of amides is 1. The van der Waals surface area contributed by atoms with E-state index in [9.17, 15) is 22.8 Å². The van der Waals surface area contributed by atoms with Crippen LogP contribution < -0.4 is 5.32 Å². The lowest BCUT2D eigenvalue weighted by Crippen LogP contribution is -2.15. The van der Waals surface area contributed by atoms with Crippen LogP contribution in [0.1, 0.15) is 44.4 Å². The second-order valence-electron chi connectivity index (χ2n) is 7.31. The molecule has 1 aromatic carbocycles. The lowest BCUT2D eigenvalue weighted by Gasteiger charge is -2.11. The topological polar surface area (TPSA) is 98.5 Å². The van der Waals surface area contributed by atoms with Gasteiger partial charge in [0.15, 0.2) is 0 Å². The molecule has 0 aliphatic carbocycles. The molecule has 0 fully saturated rings. The maximum absolute atomic E-state index is 13.6. The molecule has 34 heavy (non-hydrogen) atoms. The number of halogens is 3. The first kappa shape index (κ1) is 22.9. The predicted octanol–water partition coefficient (Wildman–Crippen LogP) is 4.40. The number of alkyl halides is 3. The number of nitrogens with zero attached hydrogens (tertiary/aromatic N) is 4. The number of aromatic nitrogens is 3. The maximum atomic E-state index is 13.6. The first-order chi connectivity index (χ1) is 16.3. The summed E-state index contributed by atoms with van der Waals surface area (Å²) >= 11 is 0. The van der Waals surface area contributed by atoms with Gasteiger partial charge >= 0.3 is 12.1 Å². The summed E-state index contributed by atoms with van der Waals surface area (Å²) < 4.78 is 46.3. The number of esters is 1. The Bertz CT molecular complexity index is 1260. The van der Waals surface area contributed by atoms with Crippen LogP contribution in [0.2, 0.25) is 0 Å². The number of hydrogen-bond donors (Lipinski definition) is 1. The van der Waals surface area contributed by atoms with E-state index in [1.54, 1.807) is 18.5 Å². The smallest absolute Gasteiger partial charge is 0.433 e. The van der Waals surface area contributed by atoms with Crippen LogP contribution in [-0.2, 0) is 10.9 Å². The highest BCUT2D eigenvalue weighted by Gasteiger charge is 2.37. The lowest BCUT2D eigenvalue weighted by molar-refractivity contribution is -0.142. The number of hydrogen-bond acceptors (Lipinski definition) is 6. The summed E-state index contributed by atoms with van der Waals surface area (Å²) in [5.74, 6) is -1.25. The summed E-state index contributed by atoms with van der Waals surface area (Å²) in [5, 5.41) is 6.70. The van der Waals surface area contributed by atoms with Gasteiger partial charge < -0.3 is 10.1 Å². The number of methoxy groups -OCH3 is 1. The Hall–Kier alpha value is -4.28. The number of carbonyl (C=O) groups excluding carboxylic acids is 2. The molecule has 1 atom stereocenters. The van der Waals surface area contributed by atoms with Gasteiger partial charge in [0.25, 0.3) is 5.91 Å². The maximum Gasteiger partial charge on any atom is 0.433 e. The molecule has 0 spiro atoms. The SMILES string of the molecule is COC(=O)c1ccc(C(=O)Nc2ccc(-n3nc(C4C=NC=CC4)cc3C(F)(F)F)cn2)cc1. The minimum atomic E-state index is -4.63. The van der Waals surface area contributed by atoms with E-state index < -0.39 is 23.7 Å². The molecular formula is C23H18F3N5O3. The van der Waals surface area contributed by atoms with E-state index in [-0.39, 0.29) is 34.2 Å². The standard InChI is InChI=1S/C23H18F3N5O3/c1-34-22(33)15-6-4-14(5-7-15)21(32)29-20-9-8-17(13-28-20)31-19(23(24,25)26)11-18(30-31)16-3-2-10-27-12-16/h2,4-13,16H,3H2,1H3,(H,28,29,32). The zero-order valence-corrected chi connectivity index (χ0v) is 17.8. The fourth-order valence-corrected chi connectivity index (χ4v) is 3.31. The van der Waals surface area contributed by atoms with Gasteiger partial charge in [0.05, 0.1) is 30.3 Å². The number of benzene rings is 1. The fraction of sp³-hybridized carbons (Fsp3) is 0.174. The van der Waals surface area contributed by atoms with Gasteiger partial charge in [-0.3, -0.25) is 9.79 Å². The number of pyridine rings is 1. The van der Waals surface area contributed by atoms with Crippen molar-refractivity contribution in [3.05, 3.63) is 83.5 Å². The lowest BCUT2D eigenvalue weighted by atomic mass is 10.0. The normalized spacial score (nSPS) is 15.2. The summed E-state index contributed by atoms with van der Waals surface area (Å²) in [7, 11) is 1.25.